The number of nitrogens with zero attached hydrogens (tertiary/aromatic N) is 3. The summed E-state index contributed by atoms with van der Waals surface area (Å²) < 4.78 is 1.95. The van der Waals surface area contributed by atoms with Crippen molar-refractivity contribution in [3.8, 4) is 0 Å². The fraction of sp³-hybridized carbons (Fsp3) is 0.556. The molecule has 1 aliphatic rings. The summed E-state index contributed by atoms with van der Waals surface area (Å²) in [4.78, 5) is 13.5. The zero-order valence-electron chi connectivity index (χ0n) is 7.36. The lowest BCUT2D eigenvalue weighted by atomic mass is 10.2. The van der Waals surface area contributed by atoms with Crippen molar-refractivity contribution in [2.75, 3.05) is 0 Å². The molecule has 0 amide bonds. The Morgan fingerprint density at radius 1 is 1.46 bits per heavy atom. The second-order valence-corrected chi connectivity index (χ2v) is 3.23. The fourth-order valence-electron chi connectivity index (χ4n) is 1.68. The molecule has 0 unspecified atom stereocenters. The van der Waals surface area contributed by atoms with Gasteiger partial charge in [0, 0.05) is 18.3 Å². The molecule has 13 heavy (non-hydrogen) atoms. The number of fused-ring (bicyclic) bond motifs is 1. The van der Waals surface area contributed by atoms with E-state index in [2.05, 4.69) is 10.1 Å². The second-order valence-electron chi connectivity index (χ2n) is 3.23. The van der Waals surface area contributed by atoms with Crippen LogP contribution >= 0.6 is 0 Å². The number of aliphatic imine (C=N–C) groups is 1. The van der Waals surface area contributed by atoms with E-state index in [1.54, 1.807) is 0 Å². The van der Waals surface area contributed by atoms with E-state index in [0.717, 1.165) is 13.0 Å². The van der Waals surface area contributed by atoms with Gasteiger partial charge in [-0.15, -0.1) is 4.99 Å². The lowest BCUT2D eigenvalue weighted by molar-refractivity contribution is 0.563. The minimum atomic E-state index is 0.493. The van der Waals surface area contributed by atoms with E-state index in [1.807, 2.05) is 10.7 Å². The Bertz CT molecular complexity index is 326. The molecule has 0 aromatic carbocycles. The van der Waals surface area contributed by atoms with Crippen molar-refractivity contribution in [3.05, 3.63) is 11.8 Å². The highest BCUT2D eigenvalue weighted by atomic mass is 16.1. The minimum absolute atomic E-state index is 0.493. The Hall–Kier alpha value is -1.41. The summed E-state index contributed by atoms with van der Waals surface area (Å²) in [7, 11) is 0. The average molecular weight is 177 g/mol. The fourth-order valence-corrected chi connectivity index (χ4v) is 1.68. The predicted molar refractivity (Wildman–Crippen MR) is 47.6 cm³/mol. The number of aromatic nitrogens is 2. The SMILES string of the molecule is O=C=Nc1cc2n(n1)CCCCC2. The van der Waals surface area contributed by atoms with Crippen molar-refractivity contribution in [1.29, 1.82) is 0 Å². The Morgan fingerprint density at radius 2 is 2.38 bits per heavy atom. The van der Waals surface area contributed by atoms with E-state index in [4.69, 9.17) is 0 Å². The number of aryl methyl sites for hydroxylation is 2. The third kappa shape index (κ3) is 1.68. The Kier molecular flexibility index (Phi) is 2.23. The van der Waals surface area contributed by atoms with Gasteiger partial charge in [-0.05, 0) is 19.3 Å². The quantitative estimate of drug-likeness (QED) is 0.483. The van der Waals surface area contributed by atoms with Crippen LogP contribution in [0.25, 0.3) is 0 Å². The highest BCUT2D eigenvalue weighted by Crippen LogP contribution is 2.18. The summed E-state index contributed by atoms with van der Waals surface area (Å²) in [6.07, 6.45) is 6.18. The highest BCUT2D eigenvalue weighted by Gasteiger charge is 2.09. The van der Waals surface area contributed by atoms with E-state index in [1.165, 1.54) is 31.0 Å². The molecule has 2 heterocycles. The zero-order chi connectivity index (χ0) is 9.10. The van der Waals surface area contributed by atoms with E-state index in [9.17, 15) is 4.79 Å². The lowest BCUT2D eigenvalue weighted by Crippen LogP contribution is -2.01. The minimum Gasteiger partial charge on any atom is -0.267 e. The van der Waals surface area contributed by atoms with Gasteiger partial charge in [-0.25, -0.2) is 4.79 Å². The summed E-state index contributed by atoms with van der Waals surface area (Å²) in [6.45, 7) is 0.948. The van der Waals surface area contributed by atoms with Crippen LogP contribution in [-0.4, -0.2) is 15.9 Å². The van der Waals surface area contributed by atoms with Gasteiger partial charge in [-0.2, -0.15) is 5.10 Å². The first-order chi connectivity index (χ1) is 6.40. The first-order valence-electron chi connectivity index (χ1n) is 4.55. The maximum Gasteiger partial charge on any atom is 0.242 e. The number of hydrogen-bond acceptors (Lipinski definition) is 3. The molecule has 1 aromatic heterocycles. The smallest absolute Gasteiger partial charge is 0.242 e. The average Bonchev–Trinajstić information content (AvgIpc) is 2.37. The van der Waals surface area contributed by atoms with Gasteiger partial charge in [0.1, 0.15) is 0 Å². The number of rotatable bonds is 1. The summed E-state index contributed by atoms with van der Waals surface area (Å²) in [5.74, 6) is 0.493. The Labute approximate surface area is 76.3 Å². The van der Waals surface area contributed by atoms with Gasteiger partial charge >= 0.3 is 0 Å². The first-order valence-corrected chi connectivity index (χ1v) is 4.55. The molecule has 1 aromatic rings. The van der Waals surface area contributed by atoms with Crippen molar-refractivity contribution in [2.45, 2.75) is 32.2 Å². The van der Waals surface area contributed by atoms with Crippen molar-refractivity contribution in [3.63, 3.8) is 0 Å². The molecule has 0 bridgehead atoms. The topological polar surface area (TPSA) is 47.2 Å². The molecular weight excluding hydrogens is 166 g/mol. The van der Waals surface area contributed by atoms with Gasteiger partial charge in [0.2, 0.25) is 6.08 Å². The molecule has 1 aliphatic heterocycles. The molecule has 4 nitrogen and oxygen atoms in total. The monoisotopic (exact) mass is 177 g/mol. The van der Waals surface area contributed by atoms with Gasteiger partial charge in [0.15, 0.2) is 5.82 Å². The molecule has 68 valence electrons. The van der Waals surface area contributed by atoms with Crippen molar-refractivity contribution in [1.82, 2.24) is 9.78 Å². The van der Waals surface area contributed by atoms with E-state index < -0.39 is 0 Å². The molecule has 4 heteroatoms. The Morgan fingerprint density at radius 3 is 3.23 bits per heavy atom. The van der Waals surface area contributed by atoms with Crippen LogP contribution in [0, 0.1) is 0 Å². The van der Waals surface area contributed by atoms with Crippen LogP contribution in [0.1, 0.15) is 25.0 Å². The van der Waals surface area contributed by atoms with Gasteiger partial charge in [0.05, 0.1) is 0 Å². The van der Waals surface area contributed by atoms with Crippen LogP contribution in [-0.2, 0) is 17.8 Å². The normalized spacial score (nSPS) is 15.7. The molecule has 0 saturated carbocycles. The van der Waals surface area contributed by atoms with Crippen LogP contribution < -0.4 is 0 Å². The van der Waals surface area contributed by atoms with Crippen LogP contribution in [0.5, 0.6) is 0 Å². The summed E-state index contributed by atoms with van der Waals surface area (Å²) in [6, 6.07) is 1.87. The number of hydrogen-bond donors (Lipinski definition) is 0. The molecule has 0 atom stereocenters. The third-order valence-electron chi connectivity index (χ3n) is 2.31. The largest absolute Gasteiger partial charge is 0.267 e. The molecule has 2 rings (SSSR count). The number of isocyanates is 1. The van der Waals surface area contributed by atoms with Crippen molar-refractivity contribution < 1.29 is 4.79 Å². The van der Waals surface area contributed by atoms with Crippen LogP contribution in [0.3, 0.4) is 0 Å². The summed E-state index contributed by atoms with van der Waals surface area (Å²) >= 11 is 0. The van der Waals surface area contributed by atoms with Crippen molar-refractivity contribution >= 4 is 11.9 Å². The first kappa shape index (κ1) is 8.20. The second kappa shape index (κ2) is 3.54. The molecule has 0 fully saturated rings. The molecule has 0 N–H and O–H groups in total. The Balaban J connectivity index is 2.32. The van der Waals surface area contributed by atoms with Gasteiger partial charge in [-0.3, -0.25) is 4.68 Å². The van der Waals surface area contributed by atoms with E-state index in [0.29, 0.717) is 5.82 Å². The van der Waals surface area contributed by atoms with Crippen molar-refractivity contribution in [2.24, 2.45) is 4.99 Å². The number of carbonyl (C=O) groups excluding carboxylic acids is 1. The zero-order valence-corrected chi connectivity index (χ0v) is 7.36. The summed E-state index contributed by atoms with van der Waals surface area (Å²) in [5, 5.41) is 4.19. The van der Waals surface area contributed by atoms with Crippen LogP contribution in [0.4, 0.5) is 5.82 Å². The van der Waals surface area contributed by atoms with Gasteiger partial charge in [-0.1, -0.05) is 6.42 Å². The maximum absolute atomic E-state index is 10.0. The van der Waals surface area contributed by atoms with E-state index >= 15 is 0 Å². The molecule has 0 saturated heterocycles. The van der Waals surface area contributed by atoms with Crippen LogP contribution in [0.15, 0.2) is 11.1 Å². The van der Waals surface area contributed by atoms with Gasteiger partial charge in [0.25, 0.3) is 0 Å². The molecule has 0 radical (unpaired) electrons. The highest BCUT2D eigenvalue weighted by molar-refractivity contribution is 5.44. The van der Waals surface area contributed by atoms with Gasteiger partial charge < -0.3 is 0 Å². The van der Waals surface area contributed by atoms with E-state index in [-0.39, 0.29) is 0 Å². The standard InChI is InChI=1S/C9H11N3O/c13-7-10-9-6-8-4-2-1-3-5-12(8)11-9/h6H,1-5H2. The maximum atomic E-state index is 10.0. The molecule has 0 spiro atoms. The predicted octanol–water partition coefficient (Wildman–Crippen LogP) is 1.58. The van der Waals surface area contributed by atoms with Crippen LogP contribution in [0.2, 0.25) is 0 Å². The lowest BCUT2D eigenvalue weighted by Gasteiger charge is -1.98. The molecular formula is C9H11N3O. The molecule has 0 aliphatic carbocycles. The third-order valence-corrected chi connectivity index (χ3v) is 2.31. The summed E-state index contributed by atoms with van der Waals surface area (Å²) in [5.41, 5.74) is 1.19.